The molecule has 118 valence electrons. The van der Waals surface area contributed by atoms with Crippen molar-refractivity contribution >= 4 is 18.0 Å². The third-order valence-corrected chi connectivity index (χ3v) is 3.63. The van der Waals surface area contributed by atoms with Crippen LogP contribution in [0.4, 0.5) is 0 Å². The van der Waals surface area contributed by atoms with Crippen molar-refractivity contribution in [2.75, 3.05) is 13.2 Å². The van der Waals surface area contributed by atoms with Crippen LogP contribution in [-0.2, 0) is 14.3 Å². The van der Waals surface area contributed by atoms with Crippen LogP contribution >= 0.6 is 0 Å². The lowest BCUT2D eigenvalue weighted by Crippen LogP contribution is -2.33. The maximum absolute atomic E-state index is 12.3. The molecule has 0 N–H and O–H groups in total. The quantitative estimate of drug-likeness (QED) is 0.574. The number of carbonyl (C=O) groups is 2. The van der Waals surface area contributed by atoms with E-state index in [1.165, 1.54) is 5.56 Å². The van der Waals surface area contributed by atoms with E-state index >= 15 is 0 Å². The smallest absolute Gasteiger partial charge is 0.307 e. The lowest BCUT2D eigenvalue weighted by Gasteiger charge is -2.20. The Morgan fingerprint density at radius 2 is 1.95 bits per heavy atom. The van der Waals surface area contributed by atoms with Crippen molar-refractivity contribution in [3.05, 3.63) is 41.5 Å². The van der Waals surface area contributed by atoms with Gasteiger partial charge in [0.15, 0.2) is 0 Å². The Labute approximate surface area is 131 Å². The molecule has 1 aliphatic carbocycles. The summed E-state index contributed by atoms with van der Waals surface area (Å²) in [7, 11) is 0. The van der Waals surface area contributed by atoms with Crippen molar-refractivity contribution < 1.29 is 14.3 Å². The molecule has 0 aliphatic heterocycles. The van der Waals surface area contributed by atoms with Crippen molar-refractivity contribution in [1.82, 2.24) is 4.90 Å². The Bertz CT molecular complexity index is 544. The molecule has 22 heavy (non-hydrogen) atoms. The maximum Gasteiger partial charge on any atom is 0.307 e. The molecule has 0 heterocycles. The Hall–Kier alpha value is -2.10. The van der Waals surface area contributed by atoms with Crippen molar-refractivity contribution in [1.29, 1.82) is 0 Å². The van der Waals surface area contributed by atoms with Crippen LogP contribution in [0, 0.1) is 6.92 Å². The number of hydrogen-bond donors (Lipinski definition) is 0. The highest BCUT2D eigenvalue weighted by atomic mass is 16.5. The minimum atomic E-state index is -0.247. The lowest BCUT2D eigenvalue weighted by atomic mass is 10.1. The van der Waals surface area contributed by atoms with E-state index in [4.69, 9.17) is 4.74 Å². The number of esters is 1. The first-order chi connectivity index (χ1) is 10.6. The van der Waals surface area contributed by atoms with E-state index in [-0.39, 0.29) is 24.3 Å². The van der Waals surface area contributed by atoms with Crippen LogP contribution in [0.1, 0.15) is 37.3 Å². The van der Waals surface area contributed by atoms with Crippen molar-refractivity contribution in [2.45, 2.75) is 39.2 Å². The number of nitrogens with zero attached hydrogens (tertiary/aromatic N) is 1. The molecule has 4 heteroatoms. The summed E-state index contributed by atoms with van der Waals surface area (Å²) in [6.07, 6.45) is 5.71. The second-order valence-electron chi connectivity index (χ2n) is 5.56. The first-order valence-electron chi connectivity index (χ1n) is 7.81. The Morgan fingerprint density at radius 1 is 1.27 bits per heavy atom. The van der Waals surface area contributed by atoms with Crippen molar-refractivity contribution in [2.24, 2.45) is 0 Å². The van der Waals surface area contributed by atoms with Gasteiger partial charge in [0, 0.05) is 18.7 Å². The van der Waals surface area contributed by atoms with Gasteiger partial charge in [-0.05, 0) is 38.3 Å². The van der Waals surface area contributed by atoms with Crippen LogP contribution in [0.3, 0.4) is 0 Å². The predicted octanol–water partition coefficient (Wildman–Crippen LogP) is 2.95. The molecule has 0 atom stereocenters. The molecule has 1 aliphatic rings. The van der Waals surface area contributed by atoms with Crippen LogP contribution in [0.15, 0.2) is 30.3 Å². The van der Waals surface area contributed by atoms with E-state index in [0.29, 0.717) is 13.2 Å². The van der Waals surface area contributed by atoms with Gasteiger partial charge in [-0.2, -0.15) is 0 Å². The zero-order chi connectivity index (χ0) is 15.9. The summed E-state index contributed by atoms with van der Waals surface area (Å²) in [5.74, 6) is -0.282. The summed E-state index contributed by atoms with van der Waals surface area (Å²) in [6.45, 7) is 4.62. The fourth-order valence-corrected chi connectivity index (χ4v) is 2.24. The number of amides is 1. The molecular formula is C18H23NO3. The molecule has 1 saturated carbocycles. The summed E-state index contributed by atoms with van der Waals surface area (Å²) in [5.41, 5.74) is 2.19. The highest BCUT2D eigenvalue weighted by Gasteiger charge is 2.31. The van der Waals surface area contributed by atoms with Gasteiger partial charge in [-0.1, -0.05) is 29.8 Å². The number of hydrogen-bond acceptors (Lipinski definition) is 3. The van der Waals surface area contributed by atoms with Crippen LogP contribution in [0.5, 0.6) is 0 Å². The summed E-state index contributed by atoms with van der Waals surface area (Å²) < 4.78 is 4.92. The van der Waals surface area contributed by atoms with Gasteiger partial charge in [-0.3, -0.25) is 9.59 Å². The summed E-state index contributed by atoms with van der Waals surface area (Å²) in [6, 6.07) is 8.29. The molecular weight excluding hydrogens is 278 g/mol. The number of ether oxygens (including phenoxy) is 1. The van der Waals surface area contributed by atoms with Crippen molar-refractivity contribution in [3.63, 3.8) is 0 Å². The maximum atomic E-state index is 12.3. The zero-order valence-electron chi connectivity index (χ0n) is 13.2. The summed E-state index contributed by atoms with van der Waals surface area (Å²) in [5, 5.41) is 0. The van der Waals surface area contributed by atoms with Crippen LogP contribution in [0.2, 0.25) is 0 Å². The first-order valence-corrected chi connectivity index (χ1v) is 7.81. The molecule has 1 aromatic rings. The largest absolute Gasteiger partial charge is 0.466 e. The molecule has 0 radical (unpaired) electrons. The Morgan fingerprint density at radius 3 is 2.55 bits per heavy atom. The van der Waals surface area contributed by atoms with Gasteiger partial charge in [-0.25, -0.2) is 0 Å². The fraction of sp³-hybridized carbons (Fsp3) is 0.444. The highest BCUT2D eigenvalue weighted by molar-refractivity contribution is 5.92. The molecule has 0 spiro atoms. The van der Waals surface area contributed by atoms with Gasteiger partial charge in [-0.15, -0.1) is 0 Å². The van der Waals surface area contributed by atoms with Gasteiger partial charge < -0.3 is 9.64 Å². The average Bonchev–Trinajstić information content (AvgIpc) is 3.32. The van der Waals surface area contributed by atoms with Gasteiger partial charge >= 0.3 is 5.97 Å². The van der Waals surface area contributed by atoms with Gasteiger partial charge in [0.25, 0.3) is 0 Å². The van der Waals surface area contributed by atoms with Crippen LogP contribution in [-0.4, -0.2) is 36.0 Å². The molecule has 0 saturated heterocycles. The number of rotatable bonds is 7. The minimum Gasteiger partial charge on any atom is -0.466 e. The molecule has 1 aromatic carbocycles. The normalized spacial score (nSPS) is 14.1. The SMILES string of the molecule is CCOC(=O)CCN(C(=O)/C=C/c1ccc(C)cc1)C1CC1. The molecule has 0 aromatic heterocycles. The summed E-state index contributed by atoms with van der Waals surface area (Å²) in [4.78, 5) is 25.5. The predicted molar refractivity (Wildman–Crippen MR) is 86.2 cm³/mol. The third kappa shape index (κ3) is 5.02. The van der Waals surface area contributed by atoms with Crippen LogP contribution < -0.4 is 0 Å². The van der Waals surface area contributed by atoms with E-state index in [9.17, 15) is 9.59 Å². The van der Waals surface area contributed by atoms with E-state index in [0.717, 1.165) is 18.4 Å². The van der Waals surface area contributed by atoms with E-state index in [1.54, 1.807) is 17.9 Å². The topological polar surface area (TPSA) is 46.6 Å². The van der Waals surface area contributed by atoms with Gasteiger partial charge in [0.05, 0.1) is 13.0 Å². The third-order valence-electron chi connectivity index (χ3n) is 3.63. The van der Waals surface area contributed by atoms with E-state index in [2.05, 4.69) is 0 Å². The highest BCUT2D eigenvalue weighted by Crippen LogP contribution is 2.27. The van der Waals surface area contributed by atoms with E-state index in [1.807, 2.05) is 37.3 Å². The molecule has 1 amide bonds. The number of aryl methyl sites for hydroxylation is 1. The van der Waals surface area contributed by atoms with Crippen LogP contribution in [0.25, 0.3) is 6.08 Å². The molecule has 2 rings (SSSR count). The zero-order valence-corrected chi connectivity index (χ0v) is 13.2. The second-order valence-corrected chi connectivity index (χ2v) is 5.56. The van der Waals surface area contributed by atoms with E-state index < -0.39 is 0 Å². The first kappa shape index (κ1) is 16.3. The lowest BCUT2D eigenvalue weighted by molar-refractivity contribution is -0.143. The second kappa shape index (κ2) is 7.78. The fourth-order valence-electron chi connectivity index (χ4n) is 2.24. The Balaban J connectivity index is 1.92. The average molecular weight is 301 g/mol. The Kier molecular flexibility index (Phi) is 5.75. The minimum absolute atomic E-state index is 0.0348. The summed E-state index contributed by atoms with van der Waals surface area (Å²) >= 11 is 0. The van der Waals surface area contributed by atoms with Gasteiger partial charge in [0.1, 0.15) is 0 Å². The number of carbonyl (C=O) groups excluding carboxylic acids is 2. The standard InChI is InChI=1S/C18H23NO3/c1-3-22-18(21)12-13-19(16-9-10-16)17(20)11-8-15-6-4-14(2)5-7-15/h4-8,11,16H,3,9-10,12-13H2,1-2H3/b11-8+. The molecule has 0 bridgehead atoms. The molecule has 1 fully saturated rings. The molecule has 4 nitrogen and oxygen atoms in total. The van der Waals surface area contributed by atoms with Gasteiger partial charge in [0.2, 0.25) is 5.91 Å². The molecule has 0 unspecified atom stereocenters. The monoisotopic (exact) mass is 301 g/mol. The van der Waals surface area contributed by atoms with Crippen molar-refractivity contribution in [3.8, 4) is 0 Å². The number of benzene rings is 1.